The first kappa shape index (κ1) is 16.6. The number of benzene rings is 1. The van der Waals surface area contributed by atoms with Crippen LogP contribution in [-0.4, -0.2) is 39.2 Å². The van der Waals surface area contributed by atoms with Gasteiger partial charge in [-0.05, 0) is 17.7 Å². The number of carbonyl (C=O) groups excluding carboxylic acids is 1. The van der Waals surface area contributed by atoms with Crippen LogP contribution in [0.25, 0.3) is 0 Å². The number of sulfonamides is 1. The number of halogens is 3. The maximum atomic E-state index is 12.1. The van der Waals surface area contributed by atoms with Crippen LogP contribution in [-0.2, 0) is 26.0 Å². The Morgan fingerprint density at radius 2 is 2.09 bits per heavy atom. The molecule has 2 rings (SSSR count). The number of amides is 1. The first-order valence-electron chi connectivity index (χ1n) is 6.12. The van der Waals surface area contributed by atoms with Gasteiger partial charge < -0.3 is 9.47 Å². The third-order valence-corrected chi connectivity index (χ3v) is 3.76. The van der Waals surface area contributed by atoms with Crippen LogP contribution in [0.1, 0.15) is 5.56 Å². The number of hydrogen-bond acceptors (Lipinski definition) is 5. The van der Waals surface area contributed by atoms with Gasteiger partial charge >= 0.3 is 15.5 Å². The van der Waals surface area contributed by atoms with Gasteiger partial charge in [0.15, 0.2) is 0 Å². The van der Waals surface area contributed by atoms with Gasteiger partial charge in [0.25, 0.3) is 0 Å². The summed E-state index contributed by atoms with van der Waals surface area (Å²) in [6.07, 6.45) is -0.490. The van der Waals surface area contributed by atoms with E-state index >= 15 is 0 Å². The molecule has 0 spiro atoms. The first-order chi connectivity index (χ1) is 10.2. The van der Waals surface area contributed by atoms with Crippen LogP contribution >= 0.6 is 0 Å². The maximum Gasteiger partial charge on any atom is 0.516 e. The van der Waals surface area contributed by atoms with Crippen LogP contribution in [0.2, 0.25) is 0 Å². The van der Waals surface area contributed by atoms with E-state index in [9.17, 15) is 26.4 Å². The van der Waals surface area contributed by atoms with Crippen molar-refractivity contribution in [3.05, 3.63) is 29.8 Å². The molecule has 1 amide bonds. The van der Waals surface area contributed by atoms with E-state index in [4.69, 9.17) is 9.47 Å². The Morgan fingerprint density at radius 1 is 1.41 bits per heavy atom. The van der Waals surface area contributed by atoms with Crippen LogP contribution < -0.4 is 9.46 Å². The van der Waals surface area contributed by atoms with Crippen molar-refractivity contribution >= 4 is 15.9 Å². The lowest BCUT2D eigenvalue weighted by molar-refractivity contribution is -0.119. The second kappa shape index (κ2) is 6.13. The molecule has 1 fully saturated rings. The van der Waals surface area contributed by atoms with E-state index in [0.717, 1.165) is 4.72 Å². The van der Waals surface area contributed by atoms with E-state index in [2.05, 4.69) is 0 Å². The minimum absolute atomic E-state index is 0.0314. The van der Waals surface area contributed by atoms with Crippen LogP contribution in [0.4, 0.5) is 13.2 Å². The Labute approximate surface area is 124 Å². The third kappa shape index (κ3) is 4.60. The monoisotopic (exact) mass is 339 g/mol. The van der Waals surface area contributed by atoms with Crippen molar-refractivity contribution in [1.29, 1.82) is 0 Å². The zero-order valence-corrected chi connectivity index (χ0v) is 11.9. The second-order valence-corrected chi connectivity index (χ2v) is 6.24. The largest absolute Gasteiger partial charge is 0.516 e. The predicted octanol–water partition coefficient (Wildman–Crippen LogP) is 0.973. The molecular formula is C12H12F3NO5S. The summed E-state index contributed by atoms with van der Waals surface area (Å²) >= 11 is 0. The lowest BCUT2D eigenvalue weighted by atomic mass is 10.1. The number of nitrogens with one attached hydrogen (secondary N) is 1. The van der Waals surface area contributed by atoms with E-state index in [1.807, 2.05) is 0 Å². The van der Waals surface area contributed by atoms with Gasteiger partial charge in [0.2, 0.25) is 5.91 Å². The van der Waals surface area contributed by atoms with Crippen molar-refractivity contribution in [3.8, 4) is 5.75 Å². The number of carbonyl (C=O) groups is 1. The van der Waals surface area contributed by atoms with Crippen LogP contribution in [0.3, 0.4) is 0 Å². The van der Waals surface area contributed by atoms with Crippen LogP contribution in [0, 0.1) is 0 Å². The normalized spacial score (nSPS) is 17.9. The molecule has 1 aromatic carbocycles. The zero-order chi connectivity index (χ0) is 16.4. The standard InChI is InChI=1S/C12H12F3NO5S/c13-12(14,15)22(18,19)16-11(17)5-8-2-1-3-9(4-8)20-6-10-7-21-10/h1-4,10H,5-7H2,(H,16,17). The molecule has 1 aromatic rings. The Morgan fingerprint density at radius 3 is 2.68 bits per heavy atom. The SMILES string of the molecule is O=C(Cc1cccc(OCC2CO2)c1)NS(=O)(=O)C(F)(F)F. The van der Waals surface area contributed by atoms with Crippen molar-refractivity contribution in [2.45, 2.75) is 18.0 Å². The topological polar surface area (TPSA) is 85.0 Å². The van der Waals surface area contributed by atoms with Crippen molar-refractivity contribution in [1.82, 2.24) is 4.72 Å². The van der Waals surface area contributed by atoms with E-state index in [-0.39, 0.29) is 6.10 Å². The first-order valence-corrected chi connectivity index (χ1v) is 7.61. The van der Waals surface area contributed by atoms with Gasteiger partial charge in [0.05, 0.1) is 13.0 Å². The highest BCUT2D eigenvalue weighted by Gasteiger charge is 2.46. The molecule has 0 aliphatic carbocycles. The van der Waals surface area contributed by atoms with Gasteiger partial charge in [-0.2, -0.15) is 21.6 Å². The van der Waals surface area contributed by atoms with Gasteiger partial charge in [-0.1, -0.05) is 12.1 Å². The molecule has 1 aliphatic rings. The van der Waals surface area contributed by atoms with Crippen molar-refractivity contribution in [2.24, 2.45) is 0 Å². The Kier molecular flexibility index (Phi) is 4.61. The number of rotatable bonds is 6. The molecule has 1 aliphatic heterocycles. The zero-order valence-electron chi connectivity index (χ0n) is 11.1. The minimum atomic E-state index is -5.69. The highest BCUT2D eigenvalue weighted by atomic mass is 32.2. The molecule has 1 N–H and O–H groups in total. The summed E-state index contributed by atoms with van der Waals surface area (Å²) < 4.78 is 69.3. The summed E-state index contributed by atoms with van der Waals surface area (Å²) in [6.45, 7) is 0.940. The van der Waals surface area contributed by atoms with Gasteiger partial charge in [-0.15, -0.1) is 0 Å². The molecule has 1 heterocycles. The molecule has 22 heavy (non-hydrogen) atoms. The van der Waals surface area contributed by atoms with Gasteiger partial charge in [-0.25, -0.2) is 4.72 Å². The molecule has 0 bridgehead atoms. The summed E-state index contributed by atoms with van der Waals surface area (Å²) in [5, 5.41) is 0. The summed E-state index contributed by atoms with van der Waals surface area (Å²) in [5.41, 5.74) is -5.21. The van der Waals surface area contributed by atoms with E-state index < -0.39 is 27.9 Å². The summed E-state index contributed by atoms with van der Waals surface area (Å²) in [7, 11) is -5.69. The number of ether oxygens (including phenoxy) is 2. The lowest BCUT2D eigenvalue weighted by Crippen LogP contribution is -2.40. The third-order valence-electron chi connectivity index (χ3n) is 2.65. The average Bonchev–Trinajstić information content (AvgIpc) is 3.18. The molecule has 1 atom stereocenters. The molecule has 10 heteroatoms. The quantitative estimate of drug-likeness (QED) is 0.781. The molecule has 6 nitrogen and oxygen atoms in total. The van der Waals surface area contributed by atoms with Crippen molar-refractivity contribution < 1.29 is 35.9 Å². The summed E-state index contributed by atoms with van der Waals surface area (Å²) in [5.74, 6) is -0.862. The molecule has 1 unspecified atom stereocenters. The molecule has 1 saturated heterocycles. The molecule has 0 saturated carbocycles. The Bertz CT molecular complexity index is 655. The maximum absolute atomic E-state index is 12.1. The summed E-state index contributed by atoms with van der Waals surface area (Å²) in [4.78, 5) is 11.4. The van der Waals surface area contributed by atoms with Crippen LogP contribution in [0.15, 0.2) is 24.3 Å². The lowest BCUT2D eigenvalue weighted by Gasteiger charge is -2.10. The average molecular weight is 339 g/mol. The fourth-order valence-electron chi connectivity index (χ4n) is 1.53. The van der Waals surface area contributed by atoms with Gasteiger partial charge in [-0.3, -0.25) is 4.79 Å². The highest BCUT2D eigenvalue weighted by Crippen LogP contribution is 2.22. The predicted molar refractivity (Wildman–Crippen MR) is 68.5 cm³/mol. The van der Waals surface area contributed by atoms with Crippen molar-refractivity contribution in [2.75, 3.05) is 13.2 Å². The highest BCUT2D eigenvalue weighted by molar-refractivity contribution is 7.90. The van der Waals surface area contributed by atoms with E-state index in [1.54, 1.807) is 12.1 Å². The number of epoxide rings is 1. The number of alkyl halides is 3. The van der Waals surface area contributed by atoms with Crippen molar-refractivity contribution in [3.63, 3.8) is 0 Å². The number of hydrogen-bond donors (Lipinski definition) is 1. The van der Waals surface area contributed by atoms with Crippen LogP contribution in [0.5, 0.6) is 5.75 Å². The molecular weight excluding hydrogens is 327 g/mol. The fraction of sp³-hybridized carbons (Fsp3) is 0.417. The fourth-order valence-corrected chi connectivity index (χ4v) is 2.02. The molecule has 0 aromatic heterocycles. The smallest absolute Gasteiger partial charge is 0.491 e. The minimum Gasteiger partial charge on any atom is -0.491 e. The van der Waals surface area contributed by atoms with E-state index in [1.165, 1.54) is 12.1 Å². The Balaban J connectivity index is 1.94. The van der Waals surface area contributed by atoms with E-state index in [0.29, 0.717) is 24.5 Å². The van der Waals surface area contributed by atoms with Gasteiger partial charge in [0, 0.05) is 0 Å². The molecule has 122 valence electrons. The molecule has 0 radical (unpaired) electrons. The summed E-state index contributed by atoms with van der Waals surface area (Å²) in [6, 6.07) is 6.07. The Hall–Kier alpha value is -1.81. The van der Waals surface area contributed by atoms with Gasteiger partial charge in [0.1, 0.15) is 18.5 Å². The second-order valence-electron chi connectivity index (χ2n) is 4.56.